The van der Waals surface area contributed by atoms with E-state index in [2.05, 4.69) is 11.9 Å². The van der Waals surface area contributed by atoms with Crippen molar-refractivity contribution in [3.05, 3.63) is 38.6 Å². The topological polar surface area (TPSA) is 72.2 Å². The van der Waals surface area contributed by atoms with Gasteiger partial charge in [0.2, 0.25) is 0 Å². The summed E-state index contributed by atoms with van der Waals surface area (Å²) in [4.78, 5) is 31.8. The first kappa shape index (κ1) is 16.9. The second-order valence-corrected chi connectivity index (χ2v) is 7.85. The van der Waals surface area contributed by atoms with Crippen LogP contribution in [-0.4, -0.2) is 20.6 Å². The molecule has 126 valence electrons. The van der Waals surface area contributed by atoms with Crippen molar-refractivity contribution in [3.8, 4) is 10.4 Å². The van der Waals surface area contributed by atoms with Gasteiger partial charge in [-0.2, -0.15) is 0 Å². The summed E-state index contributed by atoms with van der Waals surface area (Å²) in [6.07, 6.45) is 0.809. The second kappa shape index (κ2) is 6.49. The number of carbonyl (C=O) groups is 1. The van der Waals surface area contributed by atoms with Crippen molar-refractivity contribution in [2.75, 3.05) is 0 Å². The number of aliphatic carboxylic acids is 1. The number of aryl methyl sites for hydroxylation is 1. The van der Waals surface area contributed by atoms with Gasteiger partial charge >= 0.3 is 5.97 Å². The third-order valence-electron chi connectivity index (χ3n) is 3.81. The van der Waals surface area contributed by atoms with E-state index in [0.29, 0.717) is 16.0 Å². The minimum absolute atomic E-state index is 0.0289. The minimum atomic E-state index is -1.04. The molecule has 3 heterocycles. The maximum atomic E-state index is 13.1. The molecule has 3 aromatic heterocycles. The van der Waals surface area contributed by atoms with Gasteiger partial charge in [0.15, 0.2) is 0 Å². The van der Waals surface area contributed by atoms with E-state index in [9.17, 15) is 14.7 Å². The molecular formula is C17H18N2O3S2. The summed E-state index contributed by atoms with van der Waals surface area (Å²) in [5.74, 6) is -0.542. The molecule has 0 bridgehead atoms. The monoisotopic (exact) mass is 362 g/mol. The van der Waals surface area contributed by atoms with Gasteiger partial charge < -0.3 is 5.11 Å². The van der Waals surface area contributed by atoms with Gasteiger partial charge in [-0.3, -0.25) is 14.2 Å². The summed E-state index contributed by atoms with van der Waals surface area (Å²) in [5, 5.41) is 11.7. The van der Waals surface area contributed by atoms with Gasteiger partial charge in [-0.05, 0) is 17.9 Å². The van der Waals surface area contributed by atoms with Crippen LogP contribution >= 0.6 is 22.7 Å². The molecule has 3 rings (SSSR count). The van der Waals surface area contributed by atoms with Crippen LogP contribution in [0.4, 0.5) is 0 Å². The van der Waals surface area contributed by atoms with E-state index >= 15 is 0 Å². The van der Waals surface area contributed by atoms with Crippen molar-refractivity contribution in [3.63, 3.8) is 0 Å². The van der Waals surface area contributed by atoms with E-state index < -0.39 is 5.97 Å². The summed E-state index contributed by atoms with van der Waals surface area (Å²) < 4.78 is 1.30. The van der Waals surface area contributed by atoms with E-state index in [0.717, 1.165) is 21.7 Å². The van der Waals surface area contributed by atoms with Gasteiger partial charge in [0, 0.05) is 21.2 Å². The van der Waals surface area contributed by atoms with Crippen LogP contribution in [0.1, 0.15) is 37.4 Å². The Labute approximate surface area is 147 Å². The smallest absolute Gasteiger partial charge is 0.323 e. The lowest BCUT2D eigenvalue weighted by atomic mass is 10.1. The highest BCUT2D eigenvalue weighted by Gasteiger charge is 2.23. The molecule has 0 radical (unpaired) electrons. The number of carboxylic acid groups (broad SMARTS) is 1. The molecule has 7 heteroatoms. The lowest BCUT2D eigenvalue weighted by Gasteiger charge is -2.13. The van der Waals surface area contributed by atoms with Crippen molar-refractivity contribution in [1.29, 1.82) is 0 Å². The van der Waals surface area contributed by atoms with Crippen LogP contribution in [0, 0.1) is 0 Å². The van der Waals surface area contributed by atoms with Gasteiger partial charge in [-0.15, -0.1) is 22.7 Å². The average Bonchev–Trinajstić information content (AvgIpc) is 3.15. The summed E-state index contributed by atoms with van der Waals surface area (Å²) in [7, 11) is 0. The van der Waals surface area contributed by atoms with Gasteiger partial charge in [-0.1, -0.05) is 26.8 Å². The first-order valence-electron chi connectivity index (χ1n) is 7.75. The number of rotatable bonds is 5. The van der Waals surface area contributed by atoms with Crippen molar-refractivity contribution in [1.82, 2.24) is 9.55 Å². The SMILES string of the molecule is CCc1sc2nc(C(C)C)n(CC(=O)O)c(=O)c2c1-c1cccs1. The summed E-state index contributed by atoms with van der Waals surface area (Å²) in [6.45, 7) is 5.53. The molecule has 0 saturated carbocycles. The van der Waals surface area contributed by atoms with Gasteiger partial charge in [0.05, 0.1) is 5.39 Å². The fourth-order valence-corrected chi connectivity index (χ4v) is 4.80. The summed E-state index contributed by atoms with van der Waals surface area (Å²) in [6, 6.07) is 3.94. The number of aromatic nitrogens is 2. The molecule has 0 atom stereocenters. The van der Waals surface area contributed by atoms with Crippen molar-refractivity contribution in [2.45, 2.75) is 39.7 Å². The summed E-state index contributed by atoms with van der Waals surface area (Å²) >= 11 is 3.11. The number of carboxylic acids is 1. The Kier molecular flexibility index (Phi) is 4.56. The molecule has 0 aliphatic carbocycles. The third kappa shape index (κ3) is 2.78. The van der Waals surface area contributed by atoms with Crippen LogP contribution in [0.2, 0.25) is 0 Å². The minimum Gasteiger partial charge on any atom is -0.480 e. The molecule has 0 fully saturated rings. The van der Waals surface area contributed by atoms with E-state index in [4.69, 9.17) is 0 Å². The largest absolute Gasteiger partial charge is 0.480 e. The lowest BCUT2D eigenvalue weighted by Crippen LogP contribution is -2.29. The molecule has 3 aromatic rings. The Morgan fingerprint density at radius 3 is 2.71 bits per heavy atom. The summed E-state index contributed by atoms with van der Waals surface area (Å²) in [5.41, 5.74) is 0.657. The molecule has 24 heavy (non-hydrogen) atoms. The zero-order valence-corrected chi connectivity index (χ0v) is 15.3. The average molecular weight is 362 g/mol. The fraction of sp³-hybridized carbons (Fsp3) is 0.353. The van der Waals surface area contributed by atoms with E-state index in [1.807, 2.05) is 31.4 Å². The predicted molar refractivity (Wildman–Crippen MR) is 98.3 cm³/mol. The van der Waals surface area contributed by atoms with Gasteiger partial charge in [0.25, 0.3) is 5.56 Å². The van der Waals surface area contributed by atoms with Crippen LogP contribution in [0.5, 0.6) is 0 Å². The third-order valence-corrected chi connectivity index (χ3v) is 5.93. The normalized spacial score (nSPS) is 11.5. The van der Waals surface area contributed by atoms with Gasteiger partial charge in [-0.25, -0.2) is 4.98 Å². The highest BCUT2D eigenvalue weighted by atomic mass is 32.1. The van der Waals surface area contributed by atoms with Crippen molar-refractivity contribution in [2.24, 2.45) is 0 Å². The number of hydrogen-bond acceptors (Lipinski definition) is 5. The van der Waals surface area contributed by atoms with E-state index in [1.165, 1.54) is 15.9 Å². The Morgan fingerprint density at radius 1 is 1.42 bits per heavy atom. The molecule has 5 nitrogen and oxygen atoms in total. The molecule has 0 amide bonds. The van der Waals surface area contributed by atoms with Crippen molar-refractivity contribution < 1.29 is 9.90 Å². The molecule has 0 aliphatic heterocycles. The van der Waals surface area contributed by atoms with Crippen LogP contribution in [0.15, 0.2) is 22.3 Å². The van der Waals surface area contributed by atoms with Crippen LogP contribution < -0.4 is 5.56 Å². The molecular weight excluding hydrogens is 344 g/mol. The zero-order valence-electron chi connectivity index (χ0n) is 13.7. The van der Waals surface area contributed by atoms with E-state index in [1.54, 1.807) is 11.3 Å². The predicted octanol–water partition coefficient (Wildman–Crippen LogP) is 3.96. The molecule has 0 spiro atoms. The highest BCUT2D eigenvalue weighted by Crippen LogP contribution is 2.39. The highest BCUT2D eigenvalue weighted by molar-refractivity contribution is 7.20. The zero-order chi connectivity index (χ0) is 17.4. The first-order chi connectivity index (χ1) is 11.4. The van der Waals surface area contributed by atoms with Crippen molar-refractivity contribution >= 4 is 38.9 Å². The molecule has 0 unspecified atom stereocenters. The fourth-order valence-electron chi connectivity index (χ4n) is 2.80. The Morgan fingerprint density at radius 2 is 2.17 bits per heavy atom. The Balaban J connectivity index is 2.41. The number of fused-ring (bicyclic) bond motifs is 1. The van der Waals surface area contributed by atoms with Crippen LogP contribution in [-0.2, 0) is 17.8 Å². The Hall–Kier alpha value is -1.99. The van der Waals surface area contributed by atoms with Crippen LogP contribution in [0.25, 0.3) is 20.7 Å². The van der Waals surface area contributed by atoms with E-state index in [-0.39, 0.29) is 18.0 Å². The Bertz CT molecular complexity index is 953. The van der Waals surface area contributed by atoms with Crippen LogP contribution in [0.3, 0.4) is 0 Å². The number of thiophene rings is 2. The maximum Gasteiger partial charge on any atom is 0.323 e. The lowest BCUT2D eigenvalue weighted by molar-refractivity contribution is -0.137. The number of nitrogens with zero attached hydrogens (tertiary/aromatic N) is 2. The standard InChI is InChI=1S/C17H18N2O3S2/c1-4-10-13(11-6-5-7-23-11)14-16(24-10)18-15(9(2)3)19(17(14)22)8-12(20)21/h5-7,9H,4,8H2,1-3H3,(H,20,21). The first-order valence-corrected chi connectivity index (χ1v) is 9.45. The van der Waals surface area contributed by atoms with Gasteiger partial charge in [0.1, 0.15) is 17.2 Å². The molecule has 0 aromatic carbocycles. The quantitative estimate of drug-likeness (QED) is 0.746. The maximum absolute atomic E-state index is 13.1. The molecule has 0 aliphatic rings. The molecule has 0 saturated heterocycles. The molecule has 1 N–H and O–H groups in total. The second-order valence-electron chi connectivity index (χ2n) is 5.82. The number of hydrogen-bond donors (Lipinski definition) is 1.